The molecule has 0 unspecified atom stereocenters. The Hall–Kier alpha value is -3.64. The summed E-state index contributed by atoms with van der Waals surface area (Å²) in [5.74, 6) is -0.634. The highest BCUT2D eigenvalue weighted by molar-refractivity contribution is 8.18. The number of hydrogen-bond donors (Lipinski definition) is 2. The van der Waals surface area contributed by atoms with Gasteiger partial charge in [0.05, 0.1) is 21.1 Å². The number of benzene rings is 2. The monoisotopic (exact) mass is 366 g/mol. The predicted molar refractivity (Wildman–Crippen MR) is 96.7 cm³/mol. The molecule has 0 atom stereocenters. The molecule has 1 fully saturated rings. The number of aromatic hydroxyl groups is 1. The van der Waals surface area contributed by atoms with Gasteiger partial charge >= 0.3 is 0 Å². The van der Waals surface area contributed by atoms with E-state index >= 15 is 0 Å². The Balaban J connectivity index is 1.92. The third-order valence-corrected chi connectivity index (χ3v) is 4.32. The fraction of sp³-hybridized carbons (Fsp3) is 0. The molecule has 1 aliphatic rings. The summed E-state index contributed by atoms with van der Waals surface area (Å²) in [4.78, 5) is 26.8. The SMILES string of the molecule is N#Cc1ccccc1N=C1NC(=O)/C(=C/c2cc([N+](=O)[O-])ccc2O)S1. The molecule has 0 aliphatic carbocycles. The lowest BCUT2D eigenvalue weighted by molar-refractivity contribution is -0.384. The van der Waals surface area contributed by atoms with Crippen molar-refractivity contribution in [1.82, 2.24) is 5.32 Å². The van der Waals surface area contributed by atoms with Crippen molar-refractivity contribution in [1.29, 1.82) is 5.26 Å². The number of nitrogens with zero attached hydrogens (tertiary/aromatic N) is 3. The molecule has 9 heteroatoms. The molecule has 0 bridgehead atoms. The summed E-state index contributed by atoms with van der Waals surface area (Å²) in [6.07, 6.45) is 1.35. The number of nitrogens with one attached hydrogen (secondary N) is 1. The zero-order valence-electron chi connectivity index (χ0n) is 13.0. The lowest BCUT2D eigenvalue weighted by Crippen LogP contribution is -2.19. The third-order valence-electron chi connectivity index (χ3n) is 3.41. The Kier molecular flexibility index (Phi) is 4.68. The quantitative estimate of drug-likeness (QED) is 0.488. The Morgan fingerprint density at radius 1 is 1.31 bits per heavy atom. The number of amides is 1. The van der Waals surface area contributed by atoms with Crippen LogP contribution in [0.3, 0.4) is 0 Å². The number of phenolic OH excluding ortho intramolecular Hbond substituents is 1. The molecular formula is C17H10N4O4S. The average molecular weight is 366 g/mol. The number of rotatable bonds is 3. The van der Waals surface area contributed by atoms with E-state index in [-0.39, 0.29) is 27.1 Å². The normalized spacial score (nSPS) is 16.5. The second kappa shape index (κ2) is 7.08. The Labute approximate surface area is 151 Å². The number of para-hydroxylation sites is 1. The summed E-state index contributed by atoms with van der Waals surface area (Å²) in [5, 5.41) is 32.6. The summed E-state index contributed by atoms with van der Waals surface area (Å²) >= 11 is 1.01. The van der Waals surface area contributed by atoms with Crippen LogP contribution in [0.4, 0.5) is 11.4 Å². The molecule has 0 spiro atoms. The Morgan fingerprint density at radius 2 is 2.08 bits per heavy atom. The minimum absolute atomic E-state index is 0.149. The fourth-order valence-electron chi connectivity index (χ4n) is 2.17. The van der Waals surface area contributed by atoms with E-state index in [9.17, 15) is 20.0 Å². The van der Waals surface area contributed by atoms with E-state index in [0.29, 0.717) is 11.3 Å². The number of phenols is 1. The van der Waals surface area contributed by atoms with Gasteiger partial charge in [0.2, 0.25) is 0 Å². The van der Waals surface area contributed by atoms with Crippen LogP contribution in [0.25, 0.3) is 6.08 Å². The van der Waals surface area contributed by atoms with Crippen molar-refractivity contribution >= 4 is 40.3 Å². The van der Waals surface area contributed by atoms with Crippen molar-refractivity contribution < 1.29 is 14.8 Å². The van der Waals surface area contributed by atoms with E-state index in [1.807, 2.05) is 6.07 Å². The maximum absolute atomic E-state index is 12.1. The van der Waals surface area contributed by atoms with Crippen LogP contribution >= 0.6 is 11.8 Å². The zero-order valence-corrected chi connectivity index (χ0v) is 13.9. The second-order valence-corrected chi connectivity index (χ2v) is 6.14. The molecule has 2 N–H and O–H groups in total. The second-order valence-electron chi connectivity index (χ2n) is 5.11. The molecule has 3 rings (SSSR count). The first-order valence-corrected chi connectivity index (χ1v) is 8.05. The van der Waals surface area contributed by atoms with Gasteiger partial charge in [0.15, 0.2) is 5.17 Å². The first-order valence-electron chi connectivity index (χ1n) is 7.24. The number of nitro groups is 1. The van der Waals surface area contributed by atoms with Crippen molar-refractivity contribution in [3.8, 4) is 11.8 Å². The molecule has 2 aromatic carbocycles. The number of non-ortho nitro benzene ring substituents is 1. The predicted octanol–water partition coefficient (Wildman–Crippen LogP) is 3.06. The van der Waals surface area contributed by atoms with Crippen molar-refractivity contribution in [2.45, 2.75) is 0 Å². The molecule has 1 amide bonds. The first kappa shape index (κ1) is 17.2. The summed E-state index contributed by atoms with van der Waals surface area (Å²) in [7, 11) is 0. The van der Waals surface area contributed by atoms with Gasteiger partial charge in [0, 0.05) is 17.7 Å². The van der Waals surface area contributed by atoms with Crippen LogP contribution in [-0.4, -0.2) is 21.1 Å². The molecule has 2 aromatic rings. The van der Waals surface area contributed by atoms with Crippen LogP contribution in [0.2, 0.25) is 0 Å². The molecule has 1 saturated heterocycles. The number of hydrogen-bond acceptors (Lipinski definition) is 7. The average Bonchev–Trinajstić information content (AvgIpc) is 2.96. The molecule has 128 valence electrons. The number of aliphatic imine (C=N–C) groups is 1. The van der Waals surface area contributed by atoms with E-state index < -0.39 is 10.8 Å². The highest BCUT2D eigenvalue weighted by Crippen LogP contribution is 2.32. The van der Waals surface area contributed by atoms with Gasteiger partial charge in [0.1, 0.15) is 11.8 Å². The minimum Gasteiger partial charge on any atom is -0.507 e. The van der Waals surface area contributed by atoms with Crippen molar-refractivity contribution in [3.05, 3.63) is 68.6 Å². The molecule has 1 aliphatic heterocycles. The van der Waals surface area contributed by atoms with Gasteiger partial charge in [-0.1, -0.05) is 12.1 Å². The third kappa shape index (κ3) is 3.55. The highest BCUT2D eigenvalue weighted by Gasteiger charge is 2.25. The molecular weight excluding hydrogens is 356 g/mol. The molecule has 26 heavy (non-hydrogen) atoms. The summed E-state index contributed by atoms with van der Waals surface area (Å²) in [5.41, 5.74) is 0.728. The van der Waals surface area contributed by atoms with Crippen LogP contribution in [0.5, 0.6) is 5.75 Å². The van der Waals surface area contributed by atoms with Crippen LogP contribution in [0.15, 0.2) is 52.4 Å². The van der Waals surface area contributed by atoms with Crippen molar-refractivity contribution in [3.63, 3.8) is 0 Å². The number of thioether (sulfide) groups is 1. The van der Waals surface area contributed by atoms with Gasteiger partial charge in [-0.15, -0.1) is 0 Å². The molecule has 0 saturated carbocycles. The van der Waals surface area contributed by atoms with Gasteiger partial charge in [-0.3, -0.25) is 14.9 Å². The lowest BCUT2D eigenvalue weighted by Gasteiger charge is -2.00. The Bertz CT molecular complexity index is 1020. The van der Waals surface area contributed by atoms with E-state index in [1.165, 1.54) is 24.3 Å². The maximum atomic E-state index is 12.1. The highest BCUT2D eigenvalue weighted by atomic mass is 32.2. The van der Waals surface area contributed by atoms with Crippen LogP contribution < -0.4 is 5.32 Å². The first-order chi connectivity index (χ1) is 12.5. The maximum Gasteiger partial charge on any atom is 0.270 e. The standard InChI is InChI=1S/C17H10N4O4S/c18-9-10-3-1-2-4-13(10)19-17-20-16(23)15(26-17)8-11-7-12(21(24)25)5-6-14(11)22/h1-8,22H,(H,19,20,23)/b15-8-. The molecule has 0 radical (unpaired) electrons. The molecule has 1 heterocycles. The van der Waals surface area contributed by atoms with Gasteiger partial charge in [-0.05, 0) is 36.0 Å². The minimum atomic E-state index is -0.588. The van der Waals surface area contributed by atoms with Crippen LogP contribution in [0.1, 0.15) is 11.1 Å². The summed E-state index contributed by atoms with van der Waals surface area (Å²) in [6.45, 7) is 0. The topological polar surface area (TPSA) is 129 Å². The van der Waals surface area contributed by atoms with Crippen LogP contribution in [0, 0.1) is 21.4 Å². The van der Waals surface area contributed by atoms with E-state index in [0.717, 1.165) is 11.8 Å². The molecule has 0 aromatic heterocycles. The number of nitro benzene ring substituents is 1. The van der Waals surface area contributed by atoms with Gasteiger partial charge < -0.3 is 10.4 Å². The number of amidine groups is 1. The number of carbonyl (C=O) groups excluding carboxylic acids is 1. The van der Waals surface area contributed by atoms with E-state index in [4.69, 9.17) is 5.26 Å². The smallest absolute Gasteiger partial charge is 0.270 e. The zero-order chi connectivity index (χ0) is 18.7. The van der Waals surface area contributed by atoms with Gasteiger partial charge in [-0.25, -0.2) is 4.99 Å². The summed E-state index contributed by atoms with van der Waals surface area (Å²) < 4.78 is 0. The fourth-order valence-corrected chi connectivity index (χ4v) is 2.99. The van der Waals surface area contributed by atoms with E-state index in [2.05, 4.69) is 10.3 Å². The Morgan fingerprint density at radius 3 is 2.81 bits per heavy atom. The summed E-state index contributed by atoms with van der Waals surface area (Å²) in [6, 6.07) is 12.2. The molecule has 8 nitrogen and oxygen atoms in total. The van der Waals surface area contributed by atoms with Crippen molar-refractivity contribution in [2.75, 3.05) is 0 Å². The lowest BCUT2D eigenvalue weighted by atomic mass is 10.1. The van der Waals surface area contributed by atoms with E-state index in [1.54, 1.807) is 24.3 Å². The van der Waals surface area contributed by atoms with Gasteiger partial charge in [-0.2, -0.15) is 5.26 Å². The number of nitriles is 1. The number of carbonyl (C=O) groups is 1. The largest absolute Gasteiger partial charge is 0.507 e. The van der Waals surface area contributed by atoms with Gasteiger partial charge in [0.25, 0.3) is 11.6 Å². The van der Waals surface area contributed by atoms with Crippen LogP contribution in [-0.2, 0) is 4.79 Å². The van der Waals surface area contributed by atoms with Crippen molar-refractivity contribution in [2.24, 2.45) is 4.99 Å².